The molecule has 25 heavy (non-hydrogen) atoms. The van der Waals surface area contributed by atoms with Gasteiger partial charge in [-0.1, -0.05) is 0 Å². The molecule has 0 radical (unpaired) electrons. The normalized spacial score (nSPS) is 15.5. The third kappa shape index (κ3) is 10.4. The molecule has 146 valence electrons. The van der Waals surface area contributed by atoms with E-state index < -0.39 is 0 Å². The number of guanidine groups is 1. The summed E-state index contributed by atoms with van der Waals surface area (Å²) in [5, 5.41) is 3.16. The minimum Gasteiger partial charge on any atom is -0.463 e. The number of hydrogen-bond donors (Lipinski definition) is 2. The molecule has 0 aliphatic carbocycles. The van der Waals surface area contributed by atoms with E-state index in [4.69, 9.17) is 15.2 Å². The Morgan fingerprint density at radius 3 is 2.52 bits per heavy atom. The summed E-state index contributed by atoms with van der Waals surface area (Å²) in [5.74, 6) is 0.167. The quantitative estimate of drug-likeness (QED) is 0.194. The highest BCUT2D eigenvalue weighted by Gasteiger charge is 2.23. The van der Waals surface area contributed by atoms with Crippen LogP contribution >= 0.6 is 24.0 Å². The molecule has 0 aromatic heterocycles. The number of hydrogen-bond acceptors (Lipinski definition) is 5. The molecule has 0 atom stereocenters. The number of carbonyl (C=O) groups is 2. The average Bonchev–Trinajstić information content (AvgIpc) is 2.52. The zero-order chi connectivity index (χ0) is 17.9. The molecule has 0 aromatic rings. The fraction of sp³-hybridized carbons (Fsp3) is 0.812. The van der Waals surface area contributed by atoms with Crippen molar-refractivity contribution in [3.05, 3.63) is 0 Å². The third-order valence-electron chi connectivity index (χ3n) is 3.56. The molecule has 0 spiro atoms. The van der Waals surface area contributed by atoms with Crippen molar-refractivity contribution < 1.29 is 19.1 Å². The second kappa shape index (κ2) is 13.0. The van der Waals surface area contributed by atoms with Crippen molar-refractivity contribution in [2.45, 2.75) is 58.6 Å². The van der Waals surface area contributed by atoms with Crippen LogP contribution in [0.15, 0.2) is 4.99 Å². The number of nitrogens with one attached hydrogen (secondary N) is 1. The van der Waals surface area contributed by atoms with Crippen molar-refractivity contribution in [2.24, 2.45) is 10.7 Å². The smallest absolute Gasteiger partial charge is 0.409 e. The lowest BCUT2D eigenvalue weighted by molar-refractivity contribution is -0.147. The lowest BCUT2D eigenvalue weighted by Crippen LogP contribution is -2.48. The Hall–Kier alpha value is -1.26. The van der Waals surface area contributed by atoms with Gasteiger partial charge >= 0.3 is 12.1 Å². The second-order valence-corrected chi connectivity index (χ2v) is 6.01. The van der Waals surface area contributed by atoms with Crippen LogP contribution in [-0.2, 0) is 14.3 Å². The SMILES string of the molecule is CCOC(=O)N1CCC(NC(N)=NCCCC(=O)OC(C)C)CC1.I. The minimum atomic E-state index is -0.258. The van der Waals surface area contributed by atoms with Crippen LogP contribution in [0, 0.1) is 0 Å². The standard InChI is InChI=1S/C16H30N4O4.HI/c1-4-23-16(22)20-10-7-13(8-11-20)19-15(17)18-9-5-6-14(21)24-12(2)3;/h12-13H,4-11H2,1-3H3,(H3,17,18,19);1H. The highest BCUT2D eigenvalue weighted by atomic mass is 127. The monoisotopic (exact) mass is 470 g/mol. The first-order valence-electron chi connectivity index (χ1n) is 8.60. The number of ether oxygens (including phenoxy) is 2. The summed E-state index contributed by atoms with van der Waals surface area (Å²) in [6.07, 6.45) is 2.20. The largest absolute Gasteiger partial charge is 0.463 e. The Morgan fingerprint density at radius 2 is 1.96 bits per heavy atom. The fourth-order valence-corrected chi connectivity index (χ4v) is 2.42. The molecule has 1 amide bonds. The molecular formula is C16H31IN4O4. The third-order valence-corrected chi connectivity index (χ3v) is 3.56. The molecule has 1 aliphatic heterocycles. The van der Waals surface area contributed by atoms with Crippen molar-refractivity contribution >= 4 is 42.0 Å². The van der Waals surface area contributed by atoms with Crippen LogP contribution in [0.1, 0.15) is 46.5 Å². The van der Waals surface area contributed by atoms with Gasteiger partial charge in [0.05, 0.1) is 12.7 Å². The van der Waals surface area contributed by atoms with E-state index >= 15 is 0 Å². The second-order valence-electron chi connectivity index (χ2n) is 6.01. The molecule has 8 nitrogen and oxygen atoms in total. The van der Waals surface area contributed by atoms with Crippen LogP contribution in [0.3, 0.4) is 0 Å². The van der Waals surface area contributed by atoms with Gasteiger partial charge in [-0.05, 0) is 40.0 Å². The van der Waals surface area contributed by atoms with Gasteiger partial charge in [0.15, 0.2) is 5.96 Å². The van der Waals surface area contributed by atoms with Crippen LogP contribution in [0.25, 0.3) is 0 Å². The average molecular weight is 470 g/mol. The Labute approximate surface area is 166 Å². The Morgan fingerprint density at radius 1 is 1.32 bits per heavy atom. The van der Waals surface area contributed by atoms with Gasteiger partial charge < -0.3 is 25.4 Å². The Bertz CT molecular complexity index is 438. The van der Waals surface area contributed by atoms with E-state index in [1.807, 2.05) is 13.8 Å². The molecule has 1 aliphatic rings. The molecule has 1 heterocycles. The fourth-order valence-electron chi connectivity index (χ4n) is 2.42. The lowest BCUT2D eigenvalue weighted by Gasteiger charge is -2.31. The van der Waals surface area contributed by atoms with Gasteiger partial charge in [0.1, 0.15) is 0 Å². The number of amides is 1. The van der Waals surface area contributed by atoms with E-state index in [9.17, 15) is 9.59 Å². The summed E-state index contributed by atoms with van der Waals surface area (Å²) in [6.45, 7) is 7.60. The van der Waals surface area contributed by atoms with Crippen molar-refractivity contribution in [1.82, 2.24) is 10.2 Å². The molecule has 9 heteroatoms. The zero-order valence-electron chi connectivity index (χ0n) is 15.3. The maximum Gasteiger partial charge on any atom is 0.409 e. The summed E-state index contributed by atoms with van der Waals surface area (Å²) in [6, 6.07) is 0.199. The first-order valence-corrected chi connectivity index (χ1v) is 8.60. The number of likely N-dealkylation sites (tertiary alicyclic amines) is 1. The van der Waals surface area contributed by atoms with Gasteiger partial charge in [0, 0.05) is 32.1 Å². The highest BCUT2D eigenvalue weighted by Crippen LogP contribution is 2.11. The van der Waals surface area contributed by atoms with E-state index in [1.54, 1.807) is 11.8 Å². The van der Waals surface area contributed by atoms with E-state index in [0.29, 0.717) is 45.0 Å². The first-order chi connectivity index (χ1) is 11.4. The predicted molar refractivity (Wildman–Crippen MR) is 107 cm³/mol. The molecule has 1 saturated heterocycles. The van der Waals surface area contributed by atoms with Crippen molar-refractivity contribution in [3.63, 3.8) is 0 Å². The Balaban J connectivity index is 0.00000576. The Kier molecular flexibility index (Phi) is 12.4. The number of halogens is 1. The summed E-state index contributed by atoms with van der Waals surface area (Å²) >= 11 is 0. The maximum absolute atomic E-state index is 11.6. The van der Waals surface area contributed by atoms with E-state index in [-0.39, 0.29) is 48.2 Å². The topological polar surface area (TPSA) is 106 Å². The predicted octanol–water partition coefficient (Wildman–Crippen LogP) is 1.86. The molecule has 0 unspecified atom stereocenters. The molecule has 1 rings (SSSR count). The number of esters is 1. The molecule has 3 N–H and O–H groups in total. The van der Waals surface area contributed by atoms with Crippen LogP contribution in [0.2, 0.25) is 0 Å². The van der Waals surface area contributed by atoms with Crippen LogP contribution < -0.4 is 11.1 Å². The molecule has 0 bridgehead atoms. The highest BCUT2D eigenvalue weighted by molar-refractivity contribution is 14.0. The summed E-state index contributed by atoms with van der Waals surface area (Å²) in [7, 11) is 0. The van der Waals surface area contributed by atoms with Gasteiger partial charge in [-0.2, -0.15) is 0 Å². The molecular weight excluding hydrogens is 439 g/mol. The summed E-state index contributed by atoms with van der Waals surface area (Å²) < 4.78 is 10.0. The minimum absolute atomic E-state index is 0. The number of nitrogens with zero attached hydrogens (tertiary/aromatic N) is 2. The molecule has 0 aromatic carbocycles. The zero-order valence-corrected chi connectivity index (χ0v) is 17.7. The van der Waals surface area contributed by atoms with Gasteiger partial charge in [0.25, 0.3) is 0 Å². The van der Waals surface area contributed by atoms with E-state index in [2.05, 4.69) is 10.3 Å². The number of aliphatic imine (C=N–C) groups is 1. The molecule has 0 saturated carbocycles. The van der Waals surface area contributed by atoms with Gasteiger partial charge in [0.2, 0.25) is 0 Å². The van der Waals surface area contributed by atoms with Crippen LogP contribution in [0.5, 0.6) is 0 Å². The van der Waals surface area contributed by atoms with E-state index in [1.165, 1.54) is 0 Å². The number of carbonyl (C=O) groups excluding carboxylic acids is 2. The lowest BCUT2D eigenvalue weighted by atomic mass is 10.1. The van der Waals surface area contributed by atoms with E-state index in [0.717, 1.165) is 12.8 Å². The number of nitrogens with two attached hydrogens (primary N) is 1. The summed E-state index contributed by atoms with van der Waals surface area (Å²) in [4.78, 5) is 28.9. The van der Waals surface area contributed by atoms with Crippen LogP contribution in [0.4, 0.5) is 4.79 Å². The number of piperidine rings is 1. The molecule has 1 fully saturated rings. The van der Waals surface area contributed by atoms with Crippen molar-refractivity contribution in [3.8, 4) is 0 Å². The van der Waals surface area contributed by atoms with Gasteiger partial charge in [-0.15, -0.1) is 24.0 Å². The summed E-state index contributed by atoms with van der Waals surface area (Å²) in [5.41, 5.74) is 5.86. The number of rotatable bonds is 7. The maximum atomic E-state index is 11.6. The van der Waals surface area contributed by atoms with Gasteiger partial charge in [-0.25, -0.2) is 4.79 Å². The van der Waals surface area contributed by atoms with Gasteiger partial charge in [-0.3, -0.25) is 9.79 Å². The first kappa shape index (κ1) is 23.7. The van der Waals surface area contributed by atoms with Crippen LogP contribution in [-0.4, -0.2) is 61.3 Å². The van der Waals surface area contributed by atoms with Crippen molar-refractivity contribution in [1.29, 1.82) is 0 Å². The van der Waals surface area contributed by atoms with Crippen molar-refractivity contribution in [2.75, 3.05) is 26.2 Å².